The molecule has 0 saturated carbocycles. The molecular weight excluding hydrogens is 556 g/mol. The average molecular weight is 583 g/mol. The van der Waals surface area contributed by atoms with Crippen LogP contribution in [-0.2, 0) is 11.4 Å². The lowest BCUT2D eigenvalue weighted by Gasteiger charge is -2.11. The minimum absolute atomic E-state index is 0.164. The minimum atomic E-state index is -0.355. The standard InChI is InChI=1S/C31H27BrN4O3/c1-21-17-25(18-34-35-30(37)20-39-29-7-3-5-24-6-4-16-33-31(24)29)22(2)36(21)27-12-14-28(15-13-27)38-19-23-8-10-26(32)11-9-23/h3-18H,19-20H2,1-2H3,(H,35,37)/b34-18+. The lowest BCUT2D eigenvalue weighted by Crippen LogP contribution is -2.24. The summed E-state index contributed by atoms with van der Waals surface area (Å²) in [7, 11) is 0. The zero-order valence-corrected chi connectivity index (χ0v) is 23.2. The van der Waals surface area contributed by atoms with Crippen molar-refractivity contribution >= 4 is 39.0 Å². The molecule has 0 fully saturated rings. The molecule has 1 amide bonds. The van der Waals surface area contributed by atoms with E-state index in [1.54, 1.807) is 18.5 Å². The number of hydrazone groups is 1. The molecule has 196 valence electrons. The Balaban J connectivity index is 1.18. The fraction of sp³-hybridized carbons (Fsp3) is 0.129. The maximum atomic E-state index is 12.3. The number of benzene rings is 3. The molecule has 0 saturated heterocycles. The van der Waals surface area contributed by atoms with Gasteiger partial charge < -0.3 is 14.0 Å². The van der Waals surface area contributed by atoms with E-state index in [1.165, 1.54) is 0 Å². The van der Waals surface area contributed by atoms with Crippen LogP contribution in [0.4, 0.5) is 0 Å². The summed E-state index contributed by atoms with van der Waals surface area (Å²) >= 11 is 3.45. The number of nitrogens with one attached hydrogen (secondary N) is 1. The third-order valence-electron chi connectivity index (χ3n) is 6.23. The number of aryl methyl sites for hydroxylation is 1. The Labute approximate surface area is 235 Å². The lowest BCUT2D eigenvalue weighted by molar-refractivity contribution is -0.123. The normalized spacial score (nSPS) is 11.2. The number of rotatable bonds is 9. The van der Waals surface area contributed by atoms with Gasteiger partial charge in [-0.25, -0.2) is 5.43 Å². The van der Waals surface area contributed by atoms with E-state index >= 15 is 0 Å². The van der Waals surface area contributed by atoms with Gasteiger partial charge in [0, 0.05) is 38.7 Å². The van der Waals surface area contributed by atoms with Gasteiger partial charge in [0.15, 0.2) is 6.61 Å². The molecule has 0 atom stereocenters. The summed E-state index contributed by atoms with van der Waals surface area (Å²) in [4.78, 5) is 16.7. The molecule has 0 aliphatic carbocycles. The summed E-state index contributed by atoms with van der Waals surface area (Å²) in [6.45, 7) is 4.39. The summed E-state index contributed by atoms with van der Waals surface area (Å²) in [6, 6.07) is 27.5. The van der Waals surface area contributed by atoms with Gasteiger partial charge in [-0.15, -0.1) is 0 Å². The number of para-hydroxylation sites is 1. The van der Waals surface area contributed by atoms with Crippen molar-refractivity contribution in [2.45, 2.75) is 20.5 Å². The summed E-state index contributed by atoms with van der Waals surface area (Å²) in [6.07, 6.45) is 3.34. The van der Waals surface area contributed by atoms with Crippen molar-refractivity contribution in [3.8, 4) is 17.2 Å². The van der Waals surface area contributed by atoms with Gasteiger partial charge in [0.1, 0.15) is 23.6 Å². The molecule has 5 aromatic rings. The predicted octanol–water partition coefficient (Wildman–Crippen LogP) is 6.51. The molecule has 0 aliphatic rings. The number of nitrogens with zero attached hydrogens (tertiary/aromatic N) is 3. The van der Waals surface area contributed by atoms with Crippen LogP contribution in [0.1, 0.15) is 22.5 Å². The fourth-order valence-corrected chi connectivity index (χ4v) is 4.56. The summed E-state index contributed by atoms with van der Waals surface area (Å²) in [5.74, 6) is 1.00. The maximum absolute atomic E-state index is 12.3. The molecule has 8 heteroatoms. The van der Waals surface area contributed by atoms with Crippen molar-refractivity contribution < 1.29 is 14.3 Å². The van der Waals surface area contributed by atoms with E-state index in [0.29, 0.717) is 17.9 Å². The zero-order chi connectivity index (χ0) is 27.2. The van der Waals surface area contributed by atoms with Crippen molar-refractivity contribution in [2.24, 2.45) is 5.10 Å². The summed E-state index contributed by atoms with van der Waals surface area (Å²) < 4.78 is 14.8. The molecule has 5 rings (SSSR count). The van der Waals surface area contributed by atoms with E-state index in [0.717, 1.165) is 43.8 Å². The molecular formula is C31H27BrN4O3. The first-order chi connectivity index (χ1) is 19.0. The van der Waals surface area contributed by atoms with Gasteiger partial charge in [0.25, 0.3) is 5.91 Å². The van der Waals surface area contributed by atoms with Gasteiger partial charge in [0.05, 0.1) is 6.21 Å². The Morgan fingerprint density at radius 2 is 1.77 bits per heavy atom. The molecule has 39 heavy (non-hydrogen) atoms. The molecule has 3 aromatic carbocycles. The Hall–Kier alpha value is -4.43. The van der Waals surface area contributed by atoms with Crippen LogP contribution < -0.4 is 14.9 Å². The summed E-state index contributed by atoms with van der Waals surface area (Å²) in [5.41, 5.74) is 8.34. The number of ether oxygens (including phenoxy) is 2. The number of amides is 1. The molecule has 2 heterocycles. The second-order valence-electron chi connectivity index (χ2n) is 8.98. The minimum Gasteiger partial charge on any atom is -0.489 e. The first kappa shape index (κ1) is 26.2. The second-order valence-corrected chi connectivity index (χ2v) is 9.90. The van der Waals surface area contributed by atoms with E-state index in [4.69, 9.17) is 9.47 Å². The Morgan fingerprint density at radius 1 is 1.00 bits per heavy atom. The smallest absolute Gasteiger partial charge is 0.277 e. The first-order valence-corrected chi connectivity index (χ1v) is 13.2. The van der Waals surface area contributed by atoms with Crippen molar-refractivity contribution in [1.29, 1.82) is 0 Å². The zero-order valence-electron chi connectivity index (χ0n) is 21.6. The van der Waals surface area contributed by atoms with Gasteiger partial charge in [-0.3, -0.25) is 9.78 Å². The number of pyridine rings is 1. The molecule has 7 nitrogen and oxygen atoms in total. The highest BCUT2D eigenvalue weighted by molar-refractivity contribution is 9.10. The first-order valence-electron chi connectivity index (χ1n) is 12.4. The largest absolute Gasteiger partial charge is 0.489 e. The van der Waals surface area contributed by atoms with Gasteiger partial charge >= 0.3 is 0 Å². The highest BCUT2D eigenvalue weighted by atomic mass is 79.9. The van der Waals surface area contributed by atoms with Gasteiger partial charge in [-0.05, 0) is 74.0 Å². The third kappa shape index (κ3) is 6.35. The second kappa shape index (κ2) is 12.0. The van der Waals surface area contributed by atoms with E-state index in [1.807, 2.05) is 92.7 Å². The van der Waals surface area contributed by atoms with Crippen LogP contribution in [0.25, 0.3) is 16.6 Å². The van der Waals surface area contributed by atoms with Crippen molar-refractivity contribution in [1.82, 2.24) is 15.0 Å². The van der Waals surface area contributed by atoms with Crippen LogP contribution >= 0.6 is 15.9 Å². The number of aromatic nitrogens is 2. The highest BCUT2D eigenvalue weighted by Crippen LogP contribution is 2.24. The number of hydrogen-bond donors (Lipinski definition) is 1. The quantitative estimate of drug-likeness (QED) is 0.159. The van der Waals surface area contributed by atoms with E-state index < -0.39 is 0 Å². The van der Waals surface area contributed by atoms with E-state index in [9.17, 15) is 4.79 Å². The van der Waals surface area contributed by atoms with Crippen LogP contribution in [0.2, 0.25) is 0 Å². The number of carbonyl (C=O) groups is 1. The van der Waals surface area contributed by atoms with Crippen molar-refractivity contribution in [2.75, 3.05) is 6.61 Å². The highest BCUT2D eigenvalue weighted by Gasteiger charge is 2.11. The van der Waals surface area contributed by atoms with E-state index in [2.05, 4.69) is 36.0 Å². The molecule has 0 bridgehead atoms. The van der Waals surface area contributed by atoms with Gasteiger partial charge in [0.2, 0.25) is 0 Å². The van der Waals surface area contributed by atoms with Gasteiger partial charge in [-0.1, -0.05) is 46.3 Å². The van der Waals surface area contributed by atoms with Crippen LogP contribution in [0.5, 0.6) is 11.5 Å². The number of fused-ring (bicyclic) bond motifs is 1. The number of halogens is 1. The molecule has 1 N–H and O–H groups in total. The number of carbonyl (C=O) groups excluding carboxylic acids is 1. The Bertz CT molecular complexity index is 1620. The number of hydrogen-bond acceptors (Lipinski definition) is 5. The van der Waals surface area contributed by atoms with Crippen molar-refractivity contribution in [3.63, 3.8) is 0 Å². The third-order valence-corrected chi connectivity index (χ3v) is 6.76. The maximum Gasteiger partial charge on any atom is 0.277 e. The fourth-order valence-electron chi connectivity index (χ4n) is 4.30. The van der Waals surface area contributed by atoms with Gasteiger partial charge in [-0.2, -0.15) is 5.10 Å². The molecule has 0 radical (unpaired) electrons. The van der Waals surface area contributed by atoms with Crippen LogP contribution in [-0.4, -0.2) is 28.3 Å². The Kier molecular flexibility index (Phi) is 8.03. The molecule has 0 aliphatic heterocycles. The van der Waals surface area contributed by atoms with E-state index in [-0.39, 0.29) is 12.5 Å². The summed E-state index contributed by atoms with van der Waals surface area (Å²) in [5, 5.41) is 5.09. The monoisotopic (exact) mass is 582 g/mol. The topological polar surface area (TPSA) is 77.7 Å². The van der Waals surface area contributed by atoms with Crippen LogP contribution in [0.3, 0.4) is 0 Å². The average Bonchev–Trinajstić information content (AvgIpc) is 3.24. The SMILES string of the molecule is Cc1cc(/C=N/NC(=O)COc2cccc3cccnc23)c(C)n1-c1ccc(OCc2ccc(Br)cc2)cc1. The molecule has 0 unspecified atom stereocenters. The predicted molar refractivity (Wildman–Crippen MR) is 157 cm³/mol. The molecule has 0 spiro atoms. The van der Waals surface area contributed by atoms with Crippen LogP contribution in [0, 0.1) is 13.8 Å². The van der Waals surface area contributed by atoms with Crippen molar-refractivity contribution in [3.05, 3.63) is 118 Å². The Morgan fingerprint density at radius 3 is 2.56 bits per heavy atom. The molecule has 2 aromatic heterocycles. The van der Waals surface area contributed by atoms with Crippen LogP contribution in [0.15, 0.2) is 101 Å². The lowest BCUT2D eigenvalue weighted by atomic mass is 10.2.